The van der Waals surface area contributed by atoms with Gasteiger partial charge in [-0.15, -0.1) is 0 Å². The Balaban J connectivity index is 1.48. The lowest BCUT2D eigenvalue weighted by atomic mass is 10.1. The molecule has 1 N–H and O–H groups in total. The van der Waals surface area contributed by atoms with Gasteiger partial charge in [0.15, 0.2) is 0 Å². The average Bonchev–Trinajstić information content (AvgIpc) is 2.67. The third kappa shape index (κ3) is 4.95. The monoisotopic (exact) mass is 383 g/mol. The molecule has 28 heavy (non-hydrogen) atoms. The molecule has 2 aromatic carbocycles. The Morgan fingerprint density at radius 2 is 1.61 bits per heavy atom. The van der Waals surface area contributed by atoms with Gasteiger partial charge < -0.3 is 10.2 Å². The summed E-state index contributed by atoms with van der Waals surface area (Å²) in [6, 6.07) is 12.3. The Morgan fingerprint density at radius 1 is 0.964 bits per heavy atom. The molecule has 2 aromatic rings. The highest BCUT2D eigenvalue weighted by molar-refractivity contribution is 5.93. The highest BCUT2D eigenvalue weighted by atomic mass is 19.1. The maximum absolute atomic E-state index is 13.7. The van der Waals surface area contributed by atoms with Crippen LogP contribution in [0.5, 0.6) is 0 Å². The lowest BCUT2D eigenvalue weighted by molar-refractivity contribution is -0.132. The van der Waals surface area contributed by atoms with Gasteiger partial charge in [0.1, 0.15) is 5.82 Å². The minimum Gasteiger partial charge on any atom is -0.340 e. The molecule has 0 unspecified atom stereocenters. The first-order valence-corrected chi connectivity index (χ1v) is 9.53. The number of hydrogen-bond acceptors (Lipinski definition) is 3. The van der Waals surface area contributed by atoms with Gasteiger partial charge in [-0.25, -0.2) is 4.39 Å². The number of amides is 2. The molecule has 1 fully saturated rings. The van der Waals surface area contributed by atoms with Crippen LogP contribution in [0.4, 0.5) is 10.1 Å². The van der Waals surface area contributed by atoms with Gasteiger partial charge in [0.25, 0.3) is 0 Å². The second-order valence-electron chi connectivity index (χ2n) is 7.24. The second kappa shape index (κ2) is 8.97. The molecule has 0 spiro atoms. The molecule has 1 heterocycles. The van der Waals surface area contributed by atoms with Gasteiger partial charge in [-0.2, -0.15) is 0 Å². The van der Waals surface area contributed by atoms with E-state index in [0.717, 1.165) is 16.8 Å². The normalized spacial score (nSPS) is 14.8. The van der Waals surface area contributed by atoms with E-state index in [1.54, 1.807) is 23.1 Å². The fourth-order valence-corrected chi connectivity index (χ4v) is 3.47. The fourth-order valence-electron chi connectivity index (χ4n) is 3.47. The lowest BCUT2D eigenvalue weighted by Crippen LogP contribution is -2.50. The number of halogens is 1. The van der Waals surface area contributed by atoms with Crippen LogP contribution >= 0.6 is 0 Å². The maximum Gasteiger partial charge on any atom is 0.238 e. The van der Waals surface area contributed by atoms with Crippen molar-refractivity contribution < 1.29 is 14.0 Å². The molecule has 1 aliphatic rings. The Morgan fingerprint density at radius 3 is 2.25 bits per heavy atom. The van der Waals surface area contributed by atoms with E-state index in [4.69, 9.17) is 0 Å². The van der Waals surface area contributed by atoms with Crippen LogP contribution in [0.15, 0.2) is 42.5 Å². The van der Waals surface area contributed by atoms with Crippen molar-refractivity contribution in [1.82, 2.24) is 9.80 Å². The summed E-state index contributed by atoms with van der Waals surface area (Å²) < 4.78 is 13.7. The SMILES string of the molecule is Cc1cccc(C)c1NC(=O)CN1CCN(C(=O)Cc2ccccc2F)CC1. The number of anilines is 1. The summed E-state index contributed by atoms with van der Waals surface area (Å²) >= 11 is 0. The van der Waals surface area contributed by atoms with Crippen LogP contribution in [0.25, 0.3) is 0 Å². The van der Waals surface area contributed by atoms with Crippen molar-refractivity contribution in [3.8, 4) is 0 Å². The molecule has 5 nitrogen and oxygen atoms in total. The van der Waals surface area contributed by atoms with Gasteiger partial charge in [0, 0.05) is 31.9 Å². The topological polar surface area (TPSA) is 52.7 Å². The van der Waals surface area contributed by atoms with Gasteiger partial charge in [0.2, 0.25) is 11.8 Å². The first-order chi connectivity index (χ1) is 13.4. The summed E-state index contributed by atoms with van der Waals surface area (Å²) in [6.07, 6.45) is 0.0692. The summed E-state index contributed by atoms with van der Waals surface area (Å²) in [5, 5.41) is 3.00. The second-order valence-corrected chi connectivity index (χ2v) is 7.24. The smallest absolute Gasteiger partial charge is 0.238 e. The zero-order valence-electron chi connectivity index (χ0n) is 16.4. The first-order valence-electron chi connectivity index (χ1n) is 9.53. The van der Waals surface area contributed by atoms with Crippen molar-refractivity contribution in [3.05, 3.63) is 65.0 Å². The molecule has 2 amide bonds. The molecule has 0 atom stereocenters. The number of rotatable bonds is 5. The molecule has 0 bridgehead atoms. The van der Waals surface area contributed by atoms with Crippen LogP contribution < -0.4 is 5.32 Å². The van der Waals surface area contributed by atoms with Crippen molar-refractivity contribution in [2.24, 2.45) is 0 Å². The third-order valence-electron chi connectivity index (χ3n) is 5.14. The van der Waals surface area contributed by atoms with Crippen molar-refractivity contribution >= 4 is 17.5 Å². The summed E-state index contributed by atoms with van der Waals surface area (Å²) in [5.41, 5.74) is 3.36. The van der Waals surface area contributed by atoms with E-state index in [1.807, 2.05) is 36.9 Å². The summed E-state index contributed by atoms with van der Waals surface area (Å²) in [6.45, 7) is 6.59. The van der Waals surface area contributed by atoms with Crippen molar-refractivity contribution in [3.63, 3.8) is 0 Å². The number of para-hydroxylation sites is 1. The van der Waals surface area contributed by atoms with E-state index >= 15 is 0 Å². The number of aryl methyl sites for hydroxylation is 2. The number of nitrogens with zero attached hydrogens (tertiary/aromatic N) is 2. The number of nitrogens with one attached hydrogen (secondary N) is 1. The van der Waals surface area contributed by atoms with Crippen molar-refractivity contribution in [2.45, 2.75) is 20.3 Å². The molecular formula is C22H26FN3O2. The molecule has 0 aliphatic carbocycles. The first kappa shape index (κ1) is 20.0. The molecule has 1 aliphatic heterocycles. The van der Waals surface area contributed by atoms with E-state index < -0.39 is 0 Å². The fraction of sp³-hybridized carbons (Fsp3) is 0.364. The van der Waals surface area contributed by atoms with Crippen LogP contribution in [-0.2, 0) is 16.0 Å². The Kier molecular flexibility index (Phi) is 6.41. The molecule has 0 aromatic heterocycles. The highest BCUT2D eigenvalue weighted by Crippen LogP contribution is 2.19. The van der Waals surface area contributed by atoms with Crippen LogP contribution in [0, 0.1) is 19.7 Å². The number of carbonyl (C=O) groups is 2. The number of hydrogen-bond donors (Lipinski definition) is 1. The van der Waals surface area contributed by atoms with E-state index in [2.05, 4.69) is 5.32 Å². The summed E-state index contributed by atoms with van der Waals surface area (Å²) in [7, 11) is 0. The van der Waals surface area contributed by atoms with Crippen LogP contribution in [0.3, 0.4) is 0 Å². The standard InChI is InChI=1S/C22H26FN3O2/c1-16-6-5-7-17(2)22(16)24-20(27)15-25-10-12-26(13-11-25)21(28)14-18-8-3-4-9-19(18)23/h3-9H,10-15H2,1-2H3,(H,24,27). The predicted molar refractivity (Wildman–Crippen MR) is 108 cm³/mol. The van der Waals surface area contributed by atoms with Gasteiger partial charge in [-0.3, -0.25) is 14.5 Å². The third-order valence-corrected chi connectivity index (χ3v) is 5.14. The molecule has 0 radical (unpaired) electrons. The van der Waals surface area contributed by atoms with Crippen molar-refractivity contribution in [1.29, 1.82) is 0 Å². The van der Waals surface area contributed by atoms with Gasteiger partial charge in [-0.05, 0) is 36.6 Å². The highest BCUT2D eigenvalue weighted by Gasteiger charge is 2.23. The van der Waals surface area contributed by atoms with Crippen molar-refractivity contribution in [2.75, 3.05) is 38.0 Å². The van der Waals surface area contributed by atoms with Gasteiger partial charge >= 0.3 is 0 Å². The van der Waals surface area contributed by atoms with Crippen LogP contribution in [-0.4, -0.2) is 54.3 Å². The van der Waals surface area contributed by atoms with Gasteiger partial charge in [0.05, 0.1) is 13.0 Å². The average molecular weight is 383 g/mol. The zero-order valence-corrected chi connectivity index (χ0v) is 16.4. The molecule has 6 heteroatoms. The van der Waals surface area contributed by atoms with E-state index in [-0.39, 0.29) is 24.1 Å². The number of piperazine rings is 1. The molecule has 1 saturated heterocycles. The van der Waals surface area contributed by atoms with E-state index in [1.165, 1.54) is 6.07 Å². The van der Waals surface area contributed by atoms with Crippen LogP contribution in [0.1, 0.15) is 16.7 Å². The summed E-state index contributed by atoms with van der Waals surface area (Å²) in [5.74, 6) is -0.481. The largest absolute Gasteiger partial charge is 0.340 e. The molecular weight excluding hydrogens is 357 g/mol. The summed E-state index contributed by atoms with van der Waals surface area (Å²) in [4.78, 5) is 28.6. The number of benzene rings is 2. The Bertz CT molecular complexity index is 840. The zero-order chi connectivity index (χ0) is 20.1. The van der Waals surface area contributed by atoms with E-state index in [0.29, 0.717) is 38.3 Å². The Labute approximate surface area is 165 Å². The van der Waals surface area contributed by atoms with Crippen LogP contribution in [0.2, 0.25) is 0 Å². The quantitative estimate of drug-likeness (QED) is 0.864. The van der Waals surface area contributed by atoms with E-state index in [9.17, 15) is 14.0 Å². The predicted octanol–water partition coefficient (Wildman–Crippen LogP) is 2.77. The minimum absolute atomic E-state index is 0.0523. The Hall–Kier alpha value is -2.73. The molecule has 0 saturated carbocycles. The molecule has 3 rings (SSSR count). The minimum atomic E-state index is -0.349. The lowest BCUT2D eigenvalue weighted by Gasteiger charge is -2.34. The number of carbonyl (C=O) groups excluding carboxylic acids is 2. The maximum atomic E-state index is 13.7. The molecule has 148 valence electrons. The van der Waals surface area contributed by atoms with Gasteiger partial charge in [-0.1, -0.05) is 36.4 Å².